The fourth-order valence-corrected chi connectivity index (χ4v) is 1.48. The molecule has 0 radical (unpaired) electrons. The quantitative estimate of drug-likeness (QED) is 0.577. The van der Waals surface area contributed by atoms with Crippen molar-refractivity contribution in [3.8, 4) is 0 Å². The third-order valence-electron chi connectivity index (χ3n) is 2.31. The predicted octanol–water partition coefficient (Wildman–Crippen LogP) is -0.659. The number of aliphatic carboxylic acids is 1. The number of carbonyl (C=O) groups is 2. The number of carboxylic acids is 1. The van der Waals surface area contributed by atoms with Crippen LogP contribution in [0.15, 0.2) is 0 Å². The molecule has 12 heavy (non-hydrogen) atoms. The Morgan fingerprint density at radius 3 is 2.75 bits per heavy atom. The molecule has 0 bridgehead atoms. The van der Waals surface area contributed by atoms with Crippen molar-refractivity contribution in [3.05, 3.63) is 0 Å². The van der Waals surface area contributed by atoms with E-state index in [0.717, 1.165) is 12.8 Å². The molecule has 1 aliphatic carbocycles. The summed E-state index contributed by atoms with van der Waals surface area (Å²) >= 11 is 0. The van der Waals surface area contributed by atoms with Gasteiger partial charge in [0.05, 0.1) is 0 Å². The van der Waals surface area contributed by atoms with Gasteiger partial charge in [0, 0.05) is 12.0 Å². The fraction of sp³-hybridized carbons (Fsp3) is 0.714. The second kappa shape index (κ2) is 2.20. The van der Waals surface area contributed by atoms with E-state index in [4.69, 9.17) is 5.11 Å². The van der Waals surface area contributed by atoms with E-state index in [-0.39, 0.29) is 18.0 Å². The van der Waals surface area contributed by atoms with Crippen LogP contribution in [0.4, 0.5) is 0 Å². The van der Waals surface area contributed by atoms with Crippen LogP contribution < -0.4 is 5.43 Å². The van der Waals surface area contributed by atoms with E-state index < -0.39 is 5.97 Å². The molecule has 5 heteroatoms. The third kappa shape index (κ3) is 1.16. The summed E-state index contributed by atoms with van der Waals surface area (Å²) in [5, 5.41) is 9.65. The van der Waals surface area contributed by atoms with E-state index in [9.17, 15) is 9.59 Å². The summed E-state index contributed by atoms with van der Waals surface area (Å²) < 4.78 is 0. The third-order valence-corrected chi connectivity index (χ3v) is 2.31. The summed E-state index contributed by atoms with van der Waals surface area (Å²) in [5.41, 5.74) is 2.86. The molecule has 2 aliphatic rings. The first-order chi connectivity index (χ1) is 5.61. The zero-order valence-corrected chi connectivity index (χ0v) is 6.54. The molecule has 1 heterocycles. The second-order valence-corrected chi connectivity index (χ2v) is 3.44. The lowest BCUT2D eigenvalue weighted by molar-refractivity contribution is -0.144. The van der Waals surface area contributed by atoms with Crippen molar-refractivity contribution in [3.63, 3.8) is 0 Å². The molecule has 2 fully saturated rings. The molecule has 1 saturated carbocycles. The molecule has 1 spiro atoms. The Kier molecular flexibility index (Phi) is 1.38. The zero-order chi connectivity index (χ0) is 8.77. The summed E-state index contributed by atoms with van der Waals surface area (Å²) in [6, 6.07) is 0. The van der Waals surface area contributed by atoms with Gasteiger partial charge in [0.1, 0.15) is 6.54 Å². The highest BCUT2D eigenvalue weighted by Gasteiger charge is 2.51. The van der Waals surface area contributed by atoms with Gasteiger partial charge in [-0.25, -0.2) is 5.43 Å². The molecule has 1 amide bonds. The highest BCUT2D eigenvalue weighted by molar-refractivity contribution is 5.84. The van der Waals surface area contributed by atoms with Crippen LogP contribution in [0, 0.1) is 0 Å². The second-order valence-electron chi connectivity index (χ2n) is 3.44. The van der Waals surface area contributed by atoms with Gasteiger partial charge in [-0.1, -0.05) is 0 Å². The van der Waals surface area contributed by atoms with Crippen LogP contribution in [0.2, 0.25) is 0 Å². The van der Waals surface area contributed by atoms with Crippen molar-refractivity contribution in [2.24, 2.45) is 0 Å². The number of carbonyl (C=O) groups excluding carboxylic acids is 1. The molecule has 0 atom stereocenters. The first-order valence-electron chi connectivity index (χ1n) is 3.91. The summed E-state index contributed by atoms with van der Waals surface area (Å²) in [6.07, 6.45) is 2.42. The van der Waals surface area contributed by atoms with Gasteiger partial charge in [0.15, 0.2) is 0 Å². The van der Waals surface area contributed by atoms with Crippen LogP contribution in [0.3, 0.4) is 0 Å². The number of nitrogens with one attached hydrogen (secondary N) is 1. The smallest absolute Gasteiger partial charge is 0.324 e. The summed E-state index contributed by atoms with van der Waals surface area (Å²) in [6.45, 7) is -0.236. The molecule has 2 N–H and O–H groups in total. The molecule has 5 nitrogen and oxygen atoms in total. The first-order valence-corrected chi connectivity index (χ1v) is 3.91. The van der Waals surface area contributed by atoms with Gasteiger partial charge in [0.25, 0.3) is 0 Å². The van der Waals surface area contributed by atoms with E-state index >= 15 is 0 Å². The Morgan fingerprint density at radius 2 is 2.33 bits per heavy atom. The average Bonchev–Trinajstić information content (AvgIpc) is 2.59. The molecule has 66 valence electrons. The van der Waals surface area contributed by atoms with Crippen LogP contribution in [0.5, 0.6) is 0 Å². The Bertz CT molecular complexity index is 247. The predicted molar refractivity (Wildman–Crippen MR) is 39.1 cm³/mol. The normalized spacial score (nSPS) is 25.0. The zero-order valence-electron chi connectivity index (χ0n) is 6.54. The molecular formula is C7H10N2O3. The van der Waals surface area contributed by atoms with E-state index in [1.807, 2.05) is 0 Å². The standard InChI is InChI=1S/C7H10N2O3/c10-5-3-7(1-2-7)8-9(5)4-6(11)12/h8H,1-4H2,(H,11,12). The monoisotopic (exact) mass is 170 g/mol. The van der Waals surface area contributed by atoms with Crippen LogP contribution in [0.25, 0.3) is 0 Å². The van der Waals surface area contributed by atoms with Gasteiger partial charge in [-0.05, 0) is 12.8 Å². The van der Waals surface area contributed by atoms with Crippen LogP contribution in [0.1, 0.15) is 19.3 Å². The fourth-order valence-electron chi connectivity index (χ4n) is 1.48. The van der Waals surface area contributed by atoms with E-state index in [0.29, 0.717) is 6.42 Å². The maximum Gasteiger partial charge on any atom is 0.324 e. The van der Waals surface area contributed by atoms with Gasteiger partial charge < -0.3 is 5.11 Å². The number of hydrazine groups is 1. The summed E-state index contributed by atoms with van der Waals surface area (Å²) in [7, 11) is 0. The lowest BCUT2D eigenvalue weighted by atomic mass is 10.2. The largest absolute Gasteiger partial charge is 0.480 e. The van der Waals surface area contributed by atoms with Gasteiger partial charge in [0.2, 0.25) is 5.91 Å². The molecule has 1 saturated heterocycles. The lowest BCUT2D eigenvalue weighted by Gasteiger charge is -2.14. The number of rotatable bonds is 2. The number of amides is 1. The Morgan fingerprint density at radius 1 is 1.67 bits per heavy atom. The van der Waals surface area contributed by atoms with Crippen molar-refractivity contribution < 1.29 is 14.7 Å². The summed E-state index contributed by atoms with van der Waals surface area (Å²) in [4.78, 5) is 21.5. The highest BCUT2D eigenvalue weighted by Crippen LogP contribution is 2.42. The first kappa shape index (κ1) is 7.54. The minimum atomic E-state index is -0.978. The van der Waals surface area contributed by atoms with Gasteiger partial charge in [-0.2, -0.15) is 0 Å². The van der Waals surface area contributed by atoms with Crippen molar-refractivity contribution in [2.75, 3.05) is 6.54 Å². The number of nitrogens with zero attached hydrogens (tertiary/aromatic N) is 1. The SMILES string of the molecule is O=C(O)CN1NC2(CC2)CC1=O. The van der Waals surface area contributed by atoms with Crippen molar-refractivity contribution in [2.45, 2.75) is 24.8 Å². The van der Waals surface area contributed by atoms with Gasteiger partial charge >= 0.3 is 5.97 Å². The molecule has 1 aliphatic heterocycles. The van der Waals surface area contributed by atoms with Gasteiger partial charge in [-0.3, -0.25) is 14.6 Å². The molecule has 2 rings (SSSR count). The van der Waals surface area contributed by atoms with E-state index in [2.05, 4.69) is 5.43 Å². The van der Waals surface area contributed by atoms with Crippen LogP contribution >= 0.6 is 0 Å². The number of carboxylic acid groups (broad SMARTS) is 1. The average molecular weight is 170 g/mol. The van der Waals surface area contributed by atoms with Crippen molar-refractivity contribution in [1.82, 2.24) is 10.4 Å². The van der Waals surface area contributed by atoms with Crippen LogP contribution in [-0.2, 0) is 9.59 Å². The molecular weight excluding hydrogens is 160 g/mol. The minimum Gasteiger partial charge on any atom is -0.480 e. The maximum atomic E-state index is 11.2. The van der Waals surface area contributed by atoms with E-state index in [1.54, 1.807) is 0 Å². The topological polar surface area (TPSA) is 69.6 Å². The van der Waals surface area contributed by atoms with Gasteiger partial charge in [-0.15, -0.1) is 0 Å². The van der Waals surface area contributed by atoms with Crippen molar-refractivity contribution in [1.29, 1.82) is 0 Å². The molecule has 0 unspecified atom stereocenters. The maximum absolute atomic E-state index is 11.2. The Hall–Kier alpha value is -1.10. The Balaban J connectivity index is 1.99. The number of hydrogen-bond acceptors (Lipinski definition) is 3. The molecule has 0 aromatic heterocycles. The lowest BCUT2D eigenvalue weighted by Crippen LogP contribution is -2.41. The molecule has 0 aromatic rings. The number of hydrogen-bond donors (Lipinski definition) is 2. The van der Waals surface area contributed by atoms with Crippen molar-refractivity contribution >= 4 is 11.9 Å². The molecule has 0 aromatic carbocycles. The summed E-state index contributed by atoms with van der Waals surface area (Å²) in [5.74, 6) is -1.08. The Labute approximate surface area is 69.3 Å². The minimum absolute atomic E-state index is 0.0630. The van der Waals surface area contributed by atoms with E-state index in [1.165, 1.54) is 5.01 Å². The van der Waals surface area contributed by atoms with Crippen LogP contribution in [-0.4, -0.2) is 34.1 Å². The highest BCUT2D eigenvalue weighted by atomic mass is 16.4.